The number of carbonyl (C=O) groups excluding carboxylic acids is 1. The first-order valence-electron chi connectivity index (χ1n) is 12.8. The van der Waals surface area contributed by atoms with Crippen molar-refractivity contribution in [2.75, 3.05) is 11.4 Å². The zero-order valence-electron chi connectivity index (χ0n) is 20.8. The molecule has 1 saturated carbocycles. The molecule has 0 aliphatic heterocycles. The summed E-state index contributed by atoms with van der Waals surface area (Å²) in [6.07, 6.45) is 6.38. The molecule has 2 N–H and O–H groups in total. The fourth-order valence-electron chi connectivity index (χ4n) is 4.92. The summed E-state index contributed by atoms with van der Waals surface area (Å²) in [7, 11) is 0. The van der Waals surface area contributed by atoms with E-state index >= 15 is 0 Å². The molecule has 0 atom stereocenters. The quantitative estimate of drug-likeness (QED) is 0.281. The number of rotatable bonds is 10. The van der Waals surface area contributed by atoms with Gasteiger partial charge in [-0.3, -0.25) is 9.59 Å². The third kappa shape index (κ3) is 7.98. The summed E-state index contributed by atoms with van der Waals surface area (Å²) >= 11 is 12.5. The summed E-state index contributed by atoms with van der Waals surface area (Å²) < 4.78 is 0. The van der Waals surface area contributed by atoms with E-state index in [0.29, 0.717) is 34.6 Å². The Balaban J connectivity index is 1.51. The Bertz CT molecular complexity index is 1190. The third-order valence-corrected chi connectivity index (χ3v) is 7.28. The number of benzene rings is 3. The van der Waals surface area contributed by atoms with Crippen molar-refractivity contribution in [2.45, 2.75) is 57.5 Å². The van der Waals surface area contributed by atoms with Gasteiger partial charge in [-0.05, 0) is 77.9 Å². The van der Waals surface area contributed by atoms with Crippen LogP contribution in [0.5, 0.6) is 0 Å². The number of halogens is 2. The fourth-order valence-corrected chi connectivity index (χ4v) is 5.49. The maximum atomic E-state index is 12.3. The number of carboxylic acids is 1. The van der Waals surface area contributed by atoms with Crippen molar-refractivity contribution in [3.63, 3.8) is 0 Å². The van der Waals surface area contributed by atoms with Gasteiger partial charge in [0.25, 0.3) is 5.91 Å². The lowest BCUT2D eigenvalue weighted by Gasteiger charge is -2.27. The van der Waals surface area contributed by atoms with E-state index in [2.05, 4.69) is 34.5 Å². The van der Waals surface area contributed by atoms with Gasteiger partial charge in [0.2, 0.25) is 0 Å². The van der Waals surface area contributed by atoms with Crippen LogP contribution < -0.4 is 10.2 Å². The van der Waals surface area contributed by atoms with Gasteiger partial charge in [0.05, 0.1) is 6.42 Å². The minimum absolute atomic E-state index is 0.0999. The zero-order chi connectivity index (χ0) is 26.2. The largest absolute Gasteiger partial charge is 0.481 e. The molecule has 1 aliphatic rings. The maximum Gasteiger partial charge on any atom is 0.305 e. The summed E-state index contributed by atoms with van der Waals surface area (Å²) in [6, 6.07) is 21.9. The number of hydrogen-bond donors (Lipinski definition) is 2. The van der Waals surface area contributed by atoms with Crippen molar-refractivity contribution >= 4 is 40.8 Å². The topological polar surface area (TPSA) is 69.6 Å². The van der Waals surface area contributed by atoms with E-state index in [4.69, 9.17) is 28.3 Å². The molecule has 1 aliphatic carbocycles. The van der Waals surface area contributed by atoms with Gasteiger partial charge in [-0.25, -0.2) is 0 Å². The molecule has 194 valence electrons. The first kappa shape index (κ1) is 27.0. The number of nitrogens with one attached hydrogen (secondary N) is 1. The minimum Gasteiger partial charge on any atom is -0.481 e. The Kier molecular flexibility index (Phi) is 9.48. The normalized spacial score (nSPS) is 13.8. The number of hydrogen-bond acceptors (Lipinski definition) is 3. The predicted molar refractivity (Wildman–Crippen MR) is 150 cm³/mol. The summed E-state index contributed by atoms with van der Waals surface area (Å²) in [5.41, 5.74) is 5.08. The molecule has 37 heavy (non-hydrogen) atoms. The van der Waals surface area contributed by atoms with Crippen molar-refractivity contribution < 1.29 is 14.7 Å². The number of anilines is 1. The highest BCUT2D eigenvalue weighted by Gasteiger charge is 2.17. The van der Waals surface area contributed by atoms with Crippen LogP contribution in [0.3, 0.4) is 0 Å². The van der Waals surface area contributed by atoms with Gasteiger partial charge in [0.15, 0.2) is 0 Å². The summed E-state index contributed by atoms with van der Waals surface area (Å²) in [6.45, 7) is 1.36. The Morgan fingerprint density at radius 1 is 0.838 bits per heavy atom. The Morgan fingerprint density at radius 2 is 1.46 bits per heavy atom. The molecule has 3 aromatic rings. The second-order valence-corrected chi connectivity index (χ2v) is 10.5. The average molecular weight is 540 g/mol. The second kappa shape index (κ2) is 13.0. The highest BCUT2D eigenvalue weighted by Crippen LogP contribution is 2.34. The van der Waals surface area contributed by atoms with Gasteiger partial charge in [-0.1, -0.05) is 66.7 Å². The van der Waals surface area contributed by atoms with Crippen molar-refractivity contribution in [3.8, 4) is 0 Å². The second-order valence-electron chi connectivity index (χ2n) is 9.66. The molecule has 7 heteroatoms. The number of carbonyl (C=O) groups is 2. The van der Waals surface area contributed by atoms with Gasteiger partial charge < -0.3 is 15.3 Å². The summed E-state index contributed by atoms with van der Waals surface area (Å²) in [5, 5.41) is 12.6. The molecular weight excluding hydrogens is 507 g/mol. The zero-order valence-corrected chi connectivity index (χ0v) is 22.3. The lowest BCUT2D eigenvalue weighted by atomic mass is 9.84. The van der Waals surface area contributed by atoms with E-state index < -0.39 is 5.97 Å². The average Bonchev–Trinajstić information content (AvgIpc) is 2.88. The molecule has 0 aromatic heterocycles. The SMILES string of the molecule is O=C(O)CCNC(=O)c1ccc(CN(Cc2cc(Cl)cc(Cl)c2)c2ccc(C3CCCCC3)cc2)cc1. The van der Waals surface area contributed by atoms with Crippen LogP contribution in [0.2, 0.25) is 10.0 Å². The van der Waals surface area contributed by atoms with Crippen LogP contribution in [0.25, 0.3) is 0 Å². The molecule has 0 saturated heterocycles. The first-order valence-corrected chi connectivity index (χ1v) is 13.5. The highest BCUT2D eigenvalue weighted by molar-refractivity contribution is 6.34. The van der Waals surface area contributed by atoms with E-state index in [0.717, 1.165) is 16.8 Å². The van der Waals surface area contributed by atoms with Crippen LogP contribution in [0.1, 0.15) is 71.5 Å². The molecular formula is C30H32Cl2N2O3. The molecule has 1 amide bonds. The predicted octanol–water partition coefficient (Wildman–Crippen LogP) is 7.45. The molecule has 1 fully saturated rings. The highest BCUT2D eigenvalue weighted by atomic mass is 35.5. The number of nitrogens with zero attached hydrogens (tertiary/aromatic N) is 1. The van der Waals surface area contributed by atoms with E-state index in [1.165, 1.54) is 37.7 Å². The van der Waals surface area contributed by atoms with Gasteiger partial charge in [0, 0.05) is 40.9 Å². The van der Waals surface area contributed by atoms with E-state index in [1.807, 2.05) is 24.3 Å². The Morgan fingerprint density at radius 3 is 2.08 bits per heavy atom. The Hall–Kier alpha value is -3.02. The van der Waals surface area contributed by atoms with Gasteiger partial charge >= 0.3 is 5.97 Å². The molecule has 0 bridgehead atoms. The monoisotopic (exact) mass is 538 g/mol. The van der Waals surface area contributed by atoms with E-state index in [1.54, 1.807) is 18.2 Å². The molecule has 0 heterocycles. The van der Waals surface area contributed by atoms with Crippen LogP contribution >= 0.6 is 23.2 Å². The first-order chi connectivity index (χ1) is 17.9. The van der Waals surface area contributed by atoms with Gasteiger partial charge in [0.1, 0.15) is 0 Å². The molecule has 3 aromatic carbocycles. The Labute approximate surface area is 228 Å². The van der Waals surface area contributed by atoms with Crippen molar-refractivity contribution in [3.05, 3.63) is 99.0 Å². The standard InChI is InChI=1S/C30H32Cl2N2O3/c31-26-16-22(17-27(32)18-26)20-34(28-12-10-24(11-13-28)23-4-2-1-3-5-23)19-21-6-8-25(9-7-21)30(37)33-15-14-29(35)36/h6-13,16-18,23H,1-5,14-15,19-20H2,(H,33,37)(H,35,36). The van der Waals surface area contributed by atoms with E-state index in [9.17, 15) is 9.59 Å². The summed E-state index contributed by atoms with van der Waals surface area (Å²) in [5.74, 6) is -0.572. The van der Waals surface area contributed by atoms with Crippen LogP contribution in [0.15, 0.2) is 66.7 Å². The molecule has 0 radical (unpaired) electrons. The van der Waals surface area contributed by atoms with Gasteiger partial charge in [-0.15, -0.1) is 0 Å². The fraction of sp³-hybridized carbons (Fsp3) is 0.333. The maximum absolute atomic E-state index is 12.3. The van der Waals surface area contributed by atoms with Crippen molar-refractivity contribution in [2.24, 2.45) is 0 Å². The molecule has 5 nitrogen and oxygen atoms in total. The van der Waals surface area contributed by atoms with Crippen LogP contribution in [-0.2, 0) is 17.9 Å². The van der Waals surface area contributed by atoms with Crippen LogP contribution in [0.4, 0.5) is 5.69 Å². The van der Waals surface area contributed by atoms with Crippen LogP contribution in [0, 0.1) is 0 Å². The smallest absolute Gasteiger partial charge is 0.305 e. The minimum atomic E-state index is -0.941. The van der Waals surface area contributed by atoms with Gasteiger partial charge in [-0.2, -0.15) is 0 Å². The number of amides is 1. The van der Waals surface area contributed by atoms with Crippen molar-refractivity contribution in [1.82, 2.24) is 5.32 Å². The summed E-state index contributed by atoms with van der Waals surface area (Å²) in [4.78, 5) is 25.3. The lowest BCUT2D eigenvalue weighted by molar-refractivity contribution is -0.136. The third-order valence-electron chi connectivity index (χ3n) is 6.84. The van der Waals surface area contributed by atoms with E-state index in [-0.39, 0.29) is 18.9 Å². The number of aliphatic carboxylic acids is 1. The molecule has 4 rings (SSSR count). The van der Waals surface area contributed by atoms with Crippen molar-refractivity contribution in [1.29, 1.82) is 0 Å². The number of carboxylic acid groups (broad SMARTS) is 1. The lowest BCUT2D eigenvalue weighted by Crippen LogP contribution is -2.26. The molecule has 0 unspecified atom stereocenters. The van der Waals surface area contributed by atoms with Crippen LogP contribution in [-0.4, -0.2) is 23.5 Å². The molecule has 0 spiro atoms.